The quantitative estimate of drug-likeness (QED) is 0.847. The van der Waals surface area contributed by atoms with Crippen LogP contribution >= 0.6 is 0 Å². The average Bonchev–Trinajstić information content (AvgIpc) is 3.34. The Bertz CT molecular complexity index is 940. The summed E-state index contributed by atoms with van der Waals surface area (Å²) in [6.45, 7) is 7.10. The van der Waals surface area contributed by atoms with Crippen LogP contribution in [-0.4, -0.2) is 57.1 Å². The summed E-state index contributed by atoms with van der Waals surface area (Å²) in [6, 6.07) is 8.94. The van der Waals surface area contributed by atoms with Gasteiger partial charge in [-0.15, -0.1) is 5.10 Å². The normalized spacial score (nSPS) is 16.3. The predicted octanol–water partition coefficient (Wildman–Crippen LogP) is 2.13. The van der Waals surface area contributed by atoms with E-state index in [0.717, 1.165) is 6.42 Å². The van der Waals surface area contributed by atoms with Crippen LogP contribution in [0.3, 0.4) is 0 Å². The number of carbonyl (C=O) groups excluding carboxylic acids is 2. The largest absolute Gasteiger partial charge is 0.444 e. The van der Waals surface area contributed by atoms with Crippen LogP contribution in [-0.2, 0) is 4.74 Å². The number of carbonyl (C=O) groups is 2. The highest BCUT2D eigenvalue weighted by atomic mass is 16.6. The van der Waals surface area contributed by atoms with Crippen molar-refractivity contribution < 1.29 is 14.3 Å². The smallest absolute Gasteiger partial charge is 0.410 e. The maximum Gasteiger partial charge on any atom is 0.410 e. The molecule has 2 aromatic rings. The number of ether oxygens (including phenoxy) is 1. The number of benzene rings is 1. The van der Waals surface area contributed by atoms with E-state index in [0.29, 0.717) is 30.9 Å². The van der Waals surface area contributed by atoms with E-state index in [1.54, 1.807) is 29.2 Å². The van der Waals surface area contributed by atoms with Crippen LogP contribution in [0, 0.1) is 17.2 Å². The maximum atomic E-state index is 12.4. The van der Waals surface area contributed by atoms with E-state index in [4.69, 9.17) is 10.00 Å². The third-order valence-corrected chi connectivity index (χ3v) is 4.45. The van der Waals surface area contributed by atoms with Crippen molar-refractivity contribution in [2.75, 3.05) is 19.6 Å². The number of hydrogen-bond donors (Lipinski definition) is 1. The SMILES string of the molecule is CC(C)(C)OC(=O)N1CC[C@H](CNC(=O)c2cn(-c3cccc(C#N)c3)nn2)C1. The fraction of sp³-hybridized carbons (Fsp3) is 0.450. The molecule has 0 aliphatic carbocycles. The molecule has 2 amide bonds. The number of nitrogens with one attached hydrogen (secondary N) is 1. The zero-order valence-corrected chi connectivity index (χ0v) is 16.8. The Morgan fingerprint density at radius 3 is 2.90 bits per heavy atom. The van der Waals surface area contributed by atoms with Crippen LogP contribution in [0.5, 0.6) is 0 Å². The zero-order chi connectivity index (χ0) is 21.0. The van der Waals surface area contributed by atoms with Gasteiger partial charge in [0.15, 0.2) is 5.69 Å². The monoisotopic (exact) mass is 396 g/mol. The number of hydrogen-bond acceptors (Lipinski definition) is 6. The van der Waals surface area contributed by atoms with Crippen molar-refractivity contribution >= 4 is 12.0 Å². The van der Waals surface area contributed by atoms with Gasteiger partial charge < -0.3 is 15.0 Å². The fourth-order valence-corrected chi connectivity index (χ4v) is 3.03. The molecule has 1 N–H and O–H groups in total. The maximum absolute atomic E-state index is 12.4. The molecule has 1 atom stereocenters. The second-order valence-corrected chi connectivity index (χ2v) is 8.00. The van der Waals surface area contributed by atoms with Gasteiger partial charge in [-0.1, -0.05) is 11.3 Å². The third kappa shape index (κ3) is 5.31. The summed E-state index contributed by atoms with van der Waals surface area (Å²) < 4.78 is 6.84. The molecule has 0 saturated carbocycles. The van der Waals surface area contributed by atoms with E-state index >= 15 is 0 Å². The van der Waals surface area contributed by atoms with Crippen LogP contribution in [0.1, 0.15) is 43.2 Å². The molecule has 1 aliphatic rings. The highest BCUT2D eigenvalue weighted by Gasteiger charge is 2.30. The van der Waals surface area contributed by atoms with E-state index in [1.165, 1.54) is 10.9 Å². The molecule has 0 spiro atoms. The first-order chi connectivity index (χ1) is 13.7. The number of rotatable bonds is 4. The highest BCUT2D eigenvalue weighted by Crippen LogP contribution is 2.19. The minimum Gasteiger partial charge on any atom is -0.444 e. The lowest BCUT2D eigenvalue weighted by molar-refractivity contribution is 0.0288. The minimum absolute atomic E-state index is 0.161. The van der Waals surface area contributed by atoms with Crippen LogP contribution in [0.25, 0.3) is 5.69 Å². The Morgan fingerprint density at radius 1 is 1.38 bits per heavy atom. The van der Waals surface area contributed by atoms with E-state index in [9.17, 15) is 9.59 Å². The van der Waals surface area contributed by atoms with Crippen LogP contribution in [0.4, 0.5) is 4.79 Å². The van der Waals surface area contributed by atoms with E-state index in [-0.39, 0.29) is 23.6 Å². The molecule has 1 aliphatic heterocycles. The number of amides is 2. The number of nitriles is 1. The van der Waals surface area contributed by atoms with Gasteiger partial charge in [0.2, 0.25) is 0 Å². The van der Waals surface area contributed by atoms with Gasteiger partial charge >= 0.3 is 6.09 Å². The van der Waals surface area contributed by atoms with Gasteiger partial charge in [-0.2, -0.15) is 5.26 Å². The molecule has 1 fully saturated rings. The lowest BCUT2D eigenvalue weighted by Gasteiger charge is -2.24. The lowest BCUT2D eigenvalue weighted by atomic mass is 10.1. The van der Waals surface area contributed by atoms with E-state index in [1.807, 2.05) is 20.8 Å². The minimum atomic E-state index is -0.526. The van der Waals surface area contributed by atoms with Gasteiger partial charge in [-0.05, 0) is 51.3 Å². The lowest BCUT2D eigenvalue weighted by Crippen LogP contribution is -2.36. The van der Waals surface area contributed by atoms with Crippen molar-refractivity contribution in [1.82, 2.24) is 25.2 Å². The first kappa shape index (κ1) is 20.3. The molecular formula is C20H24N6O3. The molecule has 1 aromatic carbocycles. The van der Waals surface area contributed by atoms with Gasteiger partial charge in [0.25, 0.3) is 5.91 Å². The van der Waals surface area contributed by atoms with Crippen molar-refractivity contribution in [2.24, 2.45) is 5.92 Å². The Balaban J connectivity index is 1.52. The van der Waals surface area contributed by atoms with Crippen molar-refractivity contribution in [2.45, 2.75) is 32.8 Å². The molecule has 1 saturated heterocycles. The summed E-state index contributed by atoms with van der Waals surface area (Å²) in [5.41, 5.74) is 0.815. The number of aromatic nitrogens is 3. The molecule has 2 heterocycles. The Kier molecular flexibility index (Phi) is 5.82. The number of likely N-dealkylation sites (tertiary alicyclic amines) is 1. The average molecular weight is 396 g/mol. The van der Waals surface area contributed by atoms with Gasteiger partial charge in [0, 0.05) is 19.6 Å². The highest BCUT2D eigenvalue weighted by molar-refractivity contribution is 5.91. The summed E-state index contributed by atoms with van der Waals surface area (Å²) in [5.74, 6) is -0.169. The van der Waals surface area contributed by atoms with Crippen LogP contribution in [0.15, 0.2) is 30.5 Å². The summed E-state index contributed by atoms with van der Waals surface area (Å²) in [7, 11) is 0. The first-order valence-electron chi connectivity index (χ1n) is 9.44. The molecule has 1 aromatic heterocycles. The standard InChI is InChI=1S/C20H24N6O3/c1-20(2,3)29-19(28)25-8-7-15(12-25)11-22-18(27)17-13-26(24-23-17)16-6-4-5-14(9-16)10-21/h4-6,9,13,15H,7-8,11-12H2,1-3H3,(H,22,27)/t15-/m1/s1. The fourth-order valence-electron chi connectivity index (χ4n) is 3.03. The summed E-state index contributed by atoms with van der Waals surface area (Å²) in [6.07, 6.45) is 1.99. The van der Waals surface area contributed by atoms with Crippen molar-refractivity contribution in [1.29, 1.82) is 5.26 Å². The molecule has 0 radical (unpaired) electrons. The molecule has 0 bridgehead atoms. The molecule has 9 nitrogen and oxygen atoms in total. The second-order valence-electron chi connectivity index (χ2n) is 8.00. The zero-order valence-electron chi connectivity index (χ0n) is 16.8. The molecule has 152 valence electrons. The molecular weight excluding hydrogens is 372 g/mol. The van der Waals surface area contributed by atoms with Crippen LogP contribution < -0.4 is 5.32 Å². The summed E-state index contributed by atoms with van der Waals surface area (Å²) in [4.78, 5) is 26.2. The Labute approximate surface area is 169 Å². The van der Waals surface area contributed by atoms with Gasteiger partial charge in [-0.3, -0.25) is 4.79 Å². The second kappa shape index (κ2) is 8.31. The third-order valence-electron chi connectivity index (χ3n) is 4.45. The van der Waals surface area contributed by atoms with Crippen molar-refractivity contribution in [3.63, 3.8) is 0 Å². The van der Waals surface area contributed by atoms with Gasteiger partial charge in [0.1, 0.15) is 5.60 Å². The summed E-state index contributed by atoms with van der Waals surface area (Å²) >= 11 is 0. The molecule has 9 heteroatoms. The first-order valence-corrected chi connectivity index (χ1v) is 9.44. The Hall–Kier alpha value is -3.41. The predicted molar refractivity (Wildman–Crippen MR) is 104 cm³/mol. The molecule has 29 heavy (non-hydrogen) atoms. The molecule has 3 rings (SSSR count). The van der Waals surface area contributed by atoms with Crippen molar-refractivity contribution in [3.05, 3.63) is 41.7 Å². The Morgan fingerprint density at radius 2 is 2.17 bits per heavy atom. The van der Waals surface area contributed by atoms with E-state index in [2.05, 4.69) is 21.7 Å². The molecule has 0 unspecified atom stereocenters. The number of nitrogens with zero attached hydrogens (tertiary/aromatic N) is 5. The van der Waals surface area contributed by atoms with Gasteiger partial charge in [-0.25, -0.2) is 9.48 Å². The topological polar surface area (TPSA) is 113 Å². The van der Waals surface area contributed by atoms with Crippen molar-refractivity contribution in [3.8, 4) is 11.8 Å². The van der Waals surface area contributed by atoms with Crippen LogP contribution in [0.2, 0.25) is 0 Å². The van der Waals surface area contributed by atoms with E-state index < -0.39 is 5.60 Å². The summed E-state index contributed by atoms with van der Waals surface area (Å²) in [5, 5.41) is 19.7. The van der Waals surface area contributed by atoms with Gasteiger partial charge in [0.05, 0.1) is 23.5 Å².